The van der Waals surface area contributed by atoms with Gasteiger partial charge in [-0.15, -0.1) is 10.2 Å². The van der Waals surface area contributed by atoms with Gasteiger partial charge in [0.1, 0.15) is 5.75 Å². The Bertz CT molecular complexity index is 1130. The molecule has 1 aliphatic rings. The molecule has 2 aromatic carbocycles. The molecule has 1 fully saturated rings. The maximum atomic E-state index is 12.5. The van der Waals surface area contributed by atoms with E-state index in [1.54, 1.807) is 48.5 Å². The number of methoxy groups -OCH3 is 1. The number of amides is 1. The summed E-state index contributed by atoms with van der Waals surface area (Å²) in [5.74, 6) is 0.662. The van der Waals surface area contributed by atoms with Crippen molar-refractivity contribution < 1.29 is 31.3 Å². The first-order chi connectivity index (χ1) is 16.7. The number of aromatic nitrogens is 2. The molecule has 1 aliphatic heterocycles. The van der Waals surface area contributed by atoms with Gasteiger partial charge >= 0.3 is 12.1 Å². The van der Waals surface area contributed by atoms with E-state index < -0.39 is 22.9 Å². The predicted octanol–water partition coefficient (Wildman–Crippen LogP) is 3.61. The zero-order chi connectivity index (χ0) is 25.4. The highest BCUT2D eigenvalue weighted by molar-refractivity contribution is 7.85. The van der Waals surface area contributed by atoms with E-state index in [2.05, 4.69) is 26.6 Å². The zero-order valence-corrected chi connectivity index (χ0v) is 20.0. The van der Waals surface area contributed by atoms with Gasteiger partial charge in [0.05, 0.1) is 19.3 Å². The summed E-state index contributed by atoms with van der Waals surface area (Å²) in [7, 11) is 3.07. The molecule has 0 saturated carbocycles. The maximum Gasteiger partial charge on any atom is 0.470 e. The van der Waals surface area contributed by atoms with Crippen LogP contribution in [0.3, 0.4) is 0 Å². The lowest BCUT2D eigenvalue weighted by Crippen LogP contribution is -2.34. The zero-order valence-electron chi connectivity index (χ0n) is 19.2. The topological polar surface area (TPSA) is 88.8 Å². The van der Waals surface area contributed by atoms with Gasteiger partial charge in [0.15, 0.2) is 0 Å². The number of carbonyl (C=O) groups is 1. The van der Waals surface area contributed by atoms with Crippen LogP contribution in [0, 0.1) is 0 Å². The average Bonchev–Trinajstić information content (AvgIpc) is 3.36. The van der Waals surface area contributed by atoms with Crippen molar-refractivity contribution >= 4 is 22.9 Å². The van der Waals surface area contributed by atoms with E-state index in [-0.39, 0.29) is 12.4 Å². The van der Waals surface area contributed by atoms with Crippen molar-refractivity contribution in [2.75, 3.05) is 43.7 Å². The molecule has 3 aromatic rings. The maximum absolute atomic E-state index is 12.5. The van der Waals surface area contributed by atoms with Crippen LogP contribution in [0.2, 0.25) is 0 Å². The lowest BCUT2D eigenvalue weighted by molar-refractivity contribution is -0.156. The largest absolute Gasteiger partial charge is 0.495 e. The normalized spacial score (nSPS) is 14.7. The summed E-state index contributed by atoms with van der Waals surface area (Å²) < 4.78 is 58.2. The van der Waals surface area contributed by atoms with Gasteiger partial charge in [-0.2, -0.15) is 13.2 Å². The molecule has 1 saturated heterocycles. The Hall–Kier alpha value is -3.25. The first-order valence-corrected chi connectivity index (χ1v) is 12.1. The van der Waals surface area contributed by atoms with Crippen molar-refractivity contribution in [2.45, 2.75) is 12.7 Å². The van der Waals surface area contributed by atoms with Crippen molar-refractivity contribution in [3.63, 3.8) is 0 Å². The first-order valence-electron chi connectivity index (χ1n) is 10.6. The summed E-state index contributed by atoms with van der Waals surface area (Å²) >= 11 is 0. The molecule has 0 unspecified atom stereocenters. The number of para-hydroxylation sites is 2. The second-order valence-corrected chi connectivity index (χ2v) is 9.36. The molecule has 0 aliphatic carbocycles. The van der Waals surface area contributed by atoms with E-state index in [4.69, 9.17) is 4.74 Å². The van der Waals surface area contributed by atoms with E-state index in [1.165, 1.54) is 12.0 Å². The van der Waals surface area contributed by atoms with Crippen LogP contribution in [0.25, 0.3) is 11.5 Å². The Morgan fingerprint density at radius 3 is 2.31 bits per heavy atom. The van der Waals surface area contributed by atoms with E-state index in [0.717, 1.165) is 30.2 Å². The minimum atomic E-state index is -4.69. The number of rotatable bonds is 6. The molecule has 0 radical (unpaired) electrons. The summed E-state index contributed by atoms with van der Waals surface area (Å²) in [6.07, 6.45) is -4.01. The van der Waals surface area contributed by atoms with Gasteiger partial charge in [-0.25, -0.2) is 0 Å². The third kappa shape index (κ3) is 7.36. The minimum Gasteiger partial charge on any atom is -0.495 e. The molecule has 8 nitrogen and oxygen atoms in total. The fraction of sp³-hybridized carbons (Fsp3) is 0.348. The van der Waals surface area contributed by atoms with E-state index in [1.807, 2.05) is 0 Å². The second-order valence-electron chi connectivity index (χ2n) is 7.66. The van der Waals surface area contributed by atoms with E-state index in [9.17, 15) is 22.2 Å². The van der Waals surface area contributed by atoms with Crippen LogP contribution in [0.1, 0.15) is 11.5 Å². The molecule has 1 aromatic heterocycles. The number of benzene rings is 2. The molecule has 0 atom stereocenters. The van der Waals surface area contributed by atoms with Crippen LogP contribution in [0.4, 0.5) is 18.9 Å². The number of halogens is 3. The van der Waals surface area contributed by atoms with Crippen molar-refractivity contribution in [1.82, 2.24) is 15.1 Å². The molecule has 1 amide bonds. The number of carbonyl (C=O) groups excluding carboxylic acids is 1. The summed E-state index contributed by atoms with van der Waals surface area (Å²) in [4.78, 5) is 15.2. The minimum absolute atomic E-state index is 0.231. The number of ether oxygens (including phenoxy) is 1. The number of anilines is 1. The average molecular weight is 511 g/mol. The number of alkyl halides is 3. The highest BCUT2D eigenvalue weighted by atomic mass is 32.2. The smallest absolute Gasteiger partial charge is 0.470 e. The first kappa shape index (κ1) is 26.4. The summed E-state index contributed by atoms with van der Waals surface area (Å²) in [6.45, 7) is 2.26. The molecule has 188 valence electrons. The van der Waals surface area contributed by atoms with Crippen LogP contribution in [-0.2, 0) is 28.3 Å². The molecular weight excluding hydrogens is 485 g/mol. The Morgan fingerprint density at radius 1 is 1.11 bits per heavy atom. The lowest BCUT2D eigenvalue weighted by Gasteiger charge is -2.20. The quantitative estimate of drug-likeness (QED) is 0.468. The fourth-order valence-corrected chi connectivity index (χ4v) is 4.41. The van der Waals surface area contributed by atoms with Gasteiger partial charge in [0, 0.05) is 41.0 Å². The van der Waals surface area contributed by atoms with Gasteiger partial charge in [-0.05, 0) is 36.9 Å². The van der Waals surface area contributed by atoms with Gasteiger partial charge in [-0.1, -0.05) is 24.3 Å². The highest BCUT2D eigenvalue weighted by Gasteiger charge is 2.38. The van der Waals surface area contributed by atoms with Gasteiger partial charge in [-0.3, -0.25) is 9.00 Å². The molecule has 0 bridgehead atoms. The number of nitrogens with zero attached hydrogens (tertiary/aromatic N) is 4. The third-order valence-electron chi connectivity index (χ3n) is 5.14. The molecule has 0 N–H and O–H groups in total. The molecule has 12 heteroatoms. The standard InChI is InChI=1S/C18H14F3N3O3.C5H11NOS/c1-26-15-5-3-2-4-14(15)24(11-25)10-12-6-8-13(9-7-12)16-22-23-17(27-16)18(19,20)21;1-6-2-4-8(7)5-3-6/h2-9,11H,10H2,1H3;2-5H2,1H3. The van der Waals surface area contributed by atoms with Gasteiger partial charge in [0.2, 0.25) is 12.3 Å². The summed E-state index contributed by atoms with van der Waals surface area (Å²) in [5.41, 5.74) is 1.70. The van der Waals surface area contributed by atoms with E-state index in [0.29, 0.717) is 23.4 Å². The van der Waals surface area contributed by atoms with Crippen LogP contribution in [-0.4, -0.2) is 64.5 Å². The monoisotopic (exact) mass is 510 g/mol. The van der Waals surface area contributed by atoms with Crippen molar-refractivity contribution in [2.24, 2.45) is 0 Å². The van der Waals surface area contributed by atoms with Crippen molar-refractivity contribution in [3.05, 3.63) is 60.0 Å². The lowest BCUT2D eigenvalue weighted by atomic mass is 10.1. The third-order valence-corrected chi connectivity index (χ3v) is 6.42. The summed E-state index contributed by atoms with van der Waals surface area (Å²) in [5, 5.41) is 6.41. The van der Waals surface area contributed by atoms with Gasteiger partial charge in [0.25, 0.3) is 0 Å². The van der Waals surface area contributed by atoms with Crippen molar-refractivity contribution in [1.29, 1.82) is 0 Å². The van der Waals surface area contributed by atoms with E-state index >= 15 is 0 Å². The number of hydrogen-bond donors (Lipinski definition) is 0. The second kappa shape index (κ2) is 11.9. The Balaban J connectivity index is 0.000000363. The van der Waals surface area contributed by atoms with Crippen LogP contribution in [0.15, 0.2) is 52.9 Å². The Kier molecular flexibility index (Phi) is 8.99. The fourth-order valence-electron chi connectivity index (χ4n) is 3.18. The SMILES string of the molecule is CN1CCS(=O)CC1.COc1ccccc1N(C=O)Cc1ccc(-c2nnc(C(F)(F)F)o2)cc1. The van der Waals surface area contributed by atoms with Crippen LogP contribution < -0.4 is 9.64 Å². The molecule has 0 spiro atoms. The van der Waals surface area contributed by atoms with Crippen LogP contribution in [0.5, 0.6) is 5.75 Å². The molecule has 35 heavy (non-hydrogen) atoms. The molecular formula is C23H25F3N4O4S. The summed E-state index contributed by atoms with van der Waals surface area (Å²) in [6, 6.07) is 13.5. The Labute approximate surface area is 203 Å². The highest BCUT2D eigenvalue weighted by Crippen LogP contribution is 2.31. The van der Waals surface area contributed by atoms with Crippen LogP contribution >= 0.6 is 0 Å². The number of hydrogen-bond acceptors (Lipinski definition) is 7. The van der Waals surface area contributed by atoms with Gasteiger partial charge < -0.3 is 19.0 Å². The Morgan fingerprint density at radius 2 is 1.77 bits per heavy atom. The predicted molar refractivity (Wildman–Crippen MR) is 125 cm³/mol. The molecule has 2 heterocycles. The van der Waals surface area contributed by atoms with Crippen molar-refractivity contribution in [3.8, 4) is 17.2 Å². The molecule has 4 rings (SSSR count).